The zero-order chi connectivity index (χ0) is 14.0. The Kier molecular flexibility index (Phi) is 4.48. The molecule has 0 bridgehead atoms. The molecule has 0 aliphatic carbocycles. The molecule has 0 radical (unpaired) electrons. The lowest BCUT2D eigenvalue weighted by Gasteiger charge is -2.45. The van der Waals surface area contributed by atoms with Gasteiger partial charge in [0.25, 0.3) is 0 Å². The van der Waals surface area contributed by atoms with Crippen molar-refractivity contribution in [3.05, 3.63) is 29.3 Å². The maximum atomic E-state index is 3.31. The largest absolute Gasteiger partial charge is 0.368 e. The first kappa shape index (κ1) is 14.4. The number of hydrogen-bond donors (Lipinski definition) is 1. The SMILES string of the molecule is CNCC1CN(c2ccc(C)c(C)c2)CC(C)N1C. The van der Waals surface area contributed by atoms with Crippen LogP contribution < -0.4 is 10.2 Å². The number of likely N-dealkylation sites (N-methyl/N-ethyl adjacent to an activating group) is 2. The Hall–Kier alpha value is -1.06. The van der Waals surface area contributed by atoms with Gasteiger partial charge in [-0.05, 0) is 58.1 Å². The van der Waals surface area contributed by atoms with Crippen molar-refractivity contribution < 1.29 is 0 Å². The topological polar surface area (TPSA) is 18.5 Å². The Morgan fingerprint density at radius 1 is 1.21 bits per heavy atom. The van der Waals surface area contributed by atoms with E-state index in [4.69, 9.17) is 0 Å². The van der Waals surface area contributed by atoms with E-state index in [0.717, 1.165) is 19.6 Å². The van der Waals surface area contributed by atoms with Crippen LogP contribution in [0.25, 0.3) is 0 Å². The Balaban J connectivity index is 2.17. The van der Waals surface area contributed by atoms with Gasteiger partial charge in [0.05, 0.1) is 0 Å². The van der Waals surface area contributed by atoms with Gasteiger partial charge in [-0.25, -0.2) is 0 Å². The van der Waals surface area contributed by atoms with E-state index in [1.54, 1.807) is 0 Å². The van der Waals surface area contributed by atoms with Crippen LogP contribution in [0.15, 0.2) is 18.2 Å². The molecule has 2 rings (SSSR count). The summed E-state index contributed by atoms with van der Waals surface area (Å²) in [5.74, 6) is 0. The molecule has 3 nitrogen and oxygen atoms in total. The number of aryl methyl sites for hydroxylation is 2. The zero-order valence-corrected chi connectivity index (χ0v) is 12.9. The summed E-state index contributed by atoms with van der Waals surface area (Å²) in [6.45, 7) is 9.94. The van der Waals surface area contributed by atoms with E-state index in [9.17, 15) is 0 Å². The second-order valence-electron chi connectivity index (χ2n) is 5.90. The van der Waals surface area contributed by atoms with E-state index < -0.39 is 0 Å². The molecule has 1 N–H and O–H groups in total. The molecule has 0 amide bonds. The van der Waals surface area contributed by atoms with Crippen LogP contribution >= 0.6 is 0 Å². The van der Waals surface area contributed by atoms with Crippen molar-refractivity contribution in [1.82, 2.24) is 10.2 Å². The monoisotopic (exact) mass is 261 g/mol. The van der Waals surface area contributed by atoms with Crippen LogP contribution in [0.4, 0.5) is 5.69 Å². The summed E-state index contributed by atoms with van der Waals surface area (Å²) in [6.07, 6.45) is 0. The Morgan fingerprint density at radius 2 is 1.95 bits per heavy atom. The summed E-state index contributed by atoms with van der Waals surface area (Å²) in [4.78, 5) is 5.02. The molecular formula is C16H27N3. The van der Waals surface area contributed by atoms with Crippen LogP contribution in [0.5, 0.6) is 0 Å². The smallest absolute Gasteiger partial charge is 0.0396 e. The number of anilines is 1. The second kappa shape index (κ2) is 5.93. The predicted molar refractivity (Wildman–Crippen MR) is 83.1 cm³/mol. The molecule has 19 heavy (non-hydrogen) atoms. The number of nitrogens with zero attached hydrogens (tertiary/aromatic N) is 2. The van der Waals surface area contributed by atoms with Crippen LogP contribution in [-0.2, 0) is 0 Å². The van der Waals surface area contributed by atoms with Gasteiger partial charge in [-0.15, -0.1) is 0 Å². The van der Waals surface area contributed by atoms with Crippen LogP contribution in [0.3, 0.4) is 0 Å². The third kappa shape index (κ3) is 3.10. The van der Waals surface area contributed by atoms with Crippen molar-refractivity contribution in [1.29, 1.82) is 0 Å². The van der Waals surface area contributed by atoms with Gasteiger partial charge >= 0.3 is 0 Å². The predicted octanol–water partition coefficient (Wildman–Crippen LogP) is 2.03. The summed E-state index contributed by atoms with van der Waals surface area (Å²) >= 11 is 0. The minimum atomic E-state index is 0.579. The summed E-state index contributed by atoms with van der Waals surface area (Å²) in [7, 11) is 4.28. The summed E-state index contributed by atoms with van der Waals surface area (Å²) < 4.78 is 0. The van der Waals surface area contributed by atoms with Gasteiger partial charge in [0.1, 0.15) is 0 Å². The lowest BCUT2D eigenvalue weighted by atomic mass is 10.0. The van der Waals surface area contributed by atoms with Crippen LogP contribution in [0.1, 0.15) is 18.1 Å². The highest BCUT2D eigenvalue weighted by molar-refractivity contribution is 5.51. The van der Waals surface area contributed by atoms with Gasteiger partial charge < -0.3 is 10.2 Å². The lowest BCUT2D eigenvalue weighted by molar-refractivity contribution is 0.157. The number of nitrogens with one attached hydrogen (secondary N) is 1. The maximum absolute atomic E-state index is 3.31. The molecule has 1 aliphatic rings. The van der Waals surface area contributed by atoms with Gasteiger partial charge in [0.15, 0.2) is 0 Å². The molecule has 2 unspecified atom stereocenters. The molecule has 106 valence electrons. The molecule has 1 saturated heterocycles. The van der Waals surface area contributed by atoms with Crippen LogP contribution in [-0.4, -0.2) is 50.7 Å². The highest BCUT2D eigenvalue weighted by Crippen LogP contribution is 2.23. The molecule has 1 aromatic rings. The first-order valence-corrected chi connectivity index (χ1v) is 7.21. The molecule has 0 saturated carbocycles. The van der Waals surface area contributed by atoms with E-state index in [1.807, 2.05) is 7.05 Å². The van der Waals surface area contributed by atoms with Crippen molar-refractivity contribution in [3.63, 3.8) is 0 Å². The fourth-order valence-electron chi connectivity index (χ4n) is 2.84. The van der Waals surface area contributed by atoms with E-state index in [0.29, 0.717) is 12.1 Å². The number of piperazine rings is 1. The summed E-state index contributed by atoms with van der Waals surface area (Å²) in [6, 6.07) is 7.99. The van der Waals surface area contributed by atoms with Crippen molar-refractivity contribution in [2.75, 3.05) is 38.6 Å². The van der Waals surface area contributed by atoms with Gasteiger partial charge in [-0.2, -0.15) is 0 Å². The fraction of sp³-hybridized carbons (Fsp3) is 0.625. The minimum absolute atomic E-state index is 0.579. The molecule has 1 heterocycles. The molecular weight excluding hydrogens is 234 g/mol. The highest BCUT2D eigenvalue weighted by atomic mass is 15.3. The maximum Gasteiger partial charge on any atom is 0.0396 e. The Labute approximate surface area is 117 Å². The summed E-state index contributed by atoms with van der Waals surface area (Å²) in [5, 5.41) is 3.31. The number of benzene rings is 1. The number of rotatable bonds is 3. The molecule has 2 atom stereocenters. The standard InChI is InChI=1S/C16H27N3/c1-12-6-7-15(8-13(12)2)19-10-14(3)18(5)16(11-19)9-17-4/h6-8,14,16-17H,9-11H2,1-5H3. The Morgan fingerprint density at radius 3 is 2.58 bits per heavy atom. The highest BCUT2D eigenvalue weighted by Gasteiger charge is 2.29. The van der Waals surface area contributed by atoms with Crippen LogP contribution in [0, 0.1) is 13.8 Å². The third-order valence-electron chi connectivity index (χ3n) is 4.48. The van der Waals surface area contributed by atoms with E-state index in [1.165, 1.54) is 16.8 Å². The molecule has 0 aromatic heterocycles. The van der Waals surface area contributed by atoms with Gasteiger partial charge in [-0.1, -0.05) is 6.07 Å². The number of hydrogen-bond acceptors (Lipinski definition) is 3. The van der Waals surface area contributed by atoms with E-state index in [2.05, 4.69) is 61.1 Å². The van der Waals surface area contributed by atoms with E-state index in [-0.39, 0.29) is 0 Å². The summed E-state index contributed by atoms with van der Waals surface area (Å²) in [5.41, 5.74) is 4.12. The normalized spacial score (nSPS) is 24.8. The third-order valence-corrected chi connectivity index (χ3v) is 4.48. The van der Waals surface area contributed by atoms with Crippen molar-refractivity contribution >= 4 is 5.69 Å². The van der Waals surface area contributed by atoms with Crippen molar-refractivity contribution in [3.8, 4) is 0 Å². The van der Waals surface area contributed by atoms with Crippen molar-refractivity contribution in [2.45, 2.75) is 32.9 Å². The van der Waals surface area contributed by atoms with Crippen molar-refractivity contribution in [2.24, 2.45) is 0 Å². The fourth-order valence-corrected chi connectivity index (χ4v) is 2.84. The Bertz CT molecular complexity index is 430. The molecule has 0 spiro atoms. The quantitative estimate of drug-likeness (QED) is 0.898. The average Bonchev–Trinajstić information content (AvgIpc) is 2.38. The lowest BCUT2D eigenvalue weighted by Crippen LogP contribution is -2.58. The molecule has 1 fully saturated rings. The first-order chi connectivity index (χ1) is 9.02. The van der Waals surface area contributed by atoms with Gasteiger partial charge in [-0.3, -0.25) is 4.90 Å². The second-order valence-corrected chi connectivity index (χ2v) is 5.90. The minimum Gasteiger partial charge on any atom is -0.368 e. The van der Waals surface area contributed by atoms with Crippen LogP contribution in [0.2, 0.25) is 0 Å². The molecule has 1 aromatic carbocycles. The molecule has 3 heteroatoms. The van der Waals surface area contributed by atoms with E-state index >= 15 is 0 Å². The average molecular weight is 261 g/mol. The van der Waals surface area contributed by atoms with Gasteiger partial charge in [0, 0.05) is 37.4 Å². The van der Waals surface area contributed by atoms with Gasteiger partial charge in [0.2, 0.25) is 0 Å². The zero-order valence-electron chi connectivity index (χ0n) is 12.9. The molecule has 1 aliphatic heterocycles. The first-order valence-electron chi connectivity index (χ1n) is 7.21.